The summed E-state index contributed by atoms with van der Waals surface area (Å²) in [6, 6.07) is 2.24. The first-order valence-electron chi connectivity index (χ1n) is 5.80. The molecule has 1 aromatic rings. The molecule has 1 aromatic carbocycles. The molecule has 0 bridgehead atoms. The van der Waals surface area contributed by atoms with Gasteiger partial charge in [-0.15, -0.1) is 11.6 Å². The largest absolute Gasteiger partial charge is 0.367 e. The molecule has 0 atom stereocenters. The van der Waals surface area contributed by atoms with Crippen molar-refractivity contribution in [1.82, 2.24) is 4.90 Å². The van der Waals surface area contributed by atoms with Gasteiger partial charge in [0, 0.05) is 38.6 Å². The van der Waals surface area contributed by atoms with Gasteiger partial charge < -0.3 is 4.90 Å². The van der Waals surface area contributed by atoms with E-state index in [4.69, 9.17) is 11.6 Å². The maximum absolute atomic E-state index is 13.6. The van der Waals surface area contributed by atoms with Crippen molar-refractivity contribution in [2.45, 2.75) is 0 Å². The second-order valence-electron chi connectivity index (χ2n) is 4.21. The highest BCUT2D eigenvalue weighted by atomic mass is 35.5. The zero-order valence-corrected chi connectivity index (χ0v) is 10.6. The summed E-state index contributed by atoms with van der Waals surface area (Å²) in [5.74, 6) is -3.12. The van der Waals surface area contributed by atoms with E-state index < -0.39 is 17.5 Å². The average Bonchev–Trinajstić information content (AvgIpc) is 2.38. The monoisotopic (exact) mass is 278 g/mol. The molecule has 0 saturated carbocycles. The van der Waals surface area contributed by atoms with E-state index in [0.29, 0.717) is 19.0 Å². The molecule has 1 aliphatic heterocycles. The molecule has 2 nitrogen and oxygen atoms in total. The fraction of sp³-hybridized carbons (Fsp3) is 0.500. The Kier molecular flexibility index (Phi) is 4.35. The van der Waals surface area contributed by atoms with Crippen LogP contribution in [0.2, 0.25) is 0 Å². The lowest BCUT2D eigenvalue weighted by Gasteiger charge is -2.35. The third-order valence-corrected chi connectivity index (χ3v) is 3.30. The van der Waals surface area contributed by atoms with Gasteiger partial charge in [0.15, 0.2) is 17.5 Å². The molecule has 2 rings (SSSR count). The third-order valence-electron chi connectivity index (χ3n) is 3.13. The van der Waals surface area contributed by atoms with Crippen molar-refractivity contribution >= 4 is 17.3 Å². The second-order valence-corrected chi connectivity index (χ2v) is 4.59. The fourth-order valence-electron chi connectivity index (χ4n) is 2.09. The zero-order chi connectivity index (χ0) is 13.1. The standard InChI is InChI=1S/C12H14ClF3N2/c13-3-4-17-5-7-18(8-6-17)10-2-1-9(14)11(15)12(10)16/h1-2H,3-8H2. The first-order valence-corrected chi connectivity index (χ1v) is 6.33. The van der Waals surface area contributed by atoms with Crippen molar-refractivity contribution in [3.63, 3.8) is 0 Å². The number of anilines is 1. The van der Waals surface area contributed by atoms with Gasteiger partial charge in [0.1, 0.15) is 0 Å². The molecule has 0 spiro atoms. The number of piperazine rings is 1. The normalized spacial score (nSPS) is 17.2. The van der Waals surface area contributed by atoms with Crippen molar-refractivity contribution in [3.8, 4) is 0 Å². The van der Waals surface area contributed by atoms with E-state index in [2.05, 4.69) is 4.90 Å². The van der Waals surface area contributed by atoms with Crippen LogP contribution in [0.4, 0.5) is 18.9 Å². The molecule has 0 radical (unpaired) electrons. The Balaban J connectivity index is 2.08. The maximum atomic E-state index is 13.6. The van der Waals surface area contributed by atoms with Gasteiger partial charge in [-0.3, -0.25) is 4.90 Å². The number of hydrogen-bond acceptors (Lipinski definition) is 2. The van der Waals surface area contributed by atoms with Crippen LogP contribution in [0.3, 0.4) is 0 Å². The molecule has 0 N–H and O–H groups in total. The van der Waals surface area contributed by atoms with Gasteiger partial charge in [-0.25, -0.2) is 13.2 Å². The molecule has 6 heteroatoms. The summed E-state index contributed by atoms with van der Waals surface area (Å²) < 4.78 is 39.6. The van der Waals surface area contributed by atoms with E-state index in [0.717, 1.165) is 25.7 Å². The van der Waals surface area contributed by atoms with Gasteiger partial charge in [0.05, 0.1) is 5.69 Å². The molecule has 1 saturated heterocycles. The summed E-state index contributed by atoms with van der Waals surface area (Å²) in [4.78, 5) is 3.88. The van der Waals surface area contributed by atoms with E-state index in [1.54, 1.807) is 4.90 Å². The summed E-state index contributed by atoms with van der Waals surface area (Å²) in [6.45, 7) is 3.43. The third kappa shape index (κ3) is 2.72. The Morgan fingerprint density at radius 2 is 1.67 bits per heavy atom. The van der Waals surface area contributed by atoms with E-state index in [1.807, 2.05) is 0 Å². The Labute approximate surface area is 109 Å². The fourth-order valence-corrected chi connectivity index (χ4v) is 2.33. The van der Waals surface area contributed by atoms with Crippen molar-refractivity contribution in [1.29, 1.82) is 0 Å². The number of rotatable bonds is 3. The molecule has 0 unspecified atom stereocenters. The molecular weight excluding hydrogens is 265 g/mol. The van der Waals surface area contributed by atoms with E-state index >= 15 is 0 Å². The number of hydrogen-bond donors (Lipinski definition) is 0. The van der Waals surface area contributed by atoms with Crippen LogP contribution >= 0.6 is 11.6 Å². The topological polar surface area (TPSA) is 6.48 Å². The molecular formula is C12H14ClF3N2. The zero-order valence-electron chi connectivity index (χ0n) is 9.80. The lowest BCUT2D eigenvalue weighted by atomic mass is 10.2. The van der Waals surface area contributed by atoms with E-state index in [9.17, 15) is 13.2 Å². The smallest absolute Gasteiger partial charge is 0.196 e. The summed E-state index contributed by atoms with van der Waals surface area (Å²) in [7, 11) is 0. The summed E-state index contributed by atoms with van der Waals surface area (Å²) in [6.07, 6.45) is 0. The lowest BCUT2D eigenvalue weighted by molar-refractivity contribution is 0.271. The molecule has 0 amide bonds. The van der Waals surface area contributed by atoms with Crippen LogP contribution < -0.4 is 4.90 Å². The quantitative estimate of drug-likeness (QED) is 0.619. The summed E-state index contributed by atoms with van der Waals surface area (Å²) in [5, 5.41) is 0. The van der Waals surface area contributed by atoms with Gasteiger partial charge >= 0.3 is 0 Å². The highest BCUT2D eigenvalue weighted by Crippen LogP contribution is 2.24. The Hall–Kier alpha value is -0.940. The molecule has 18 heavy (non-hydrogen) atoms. The van der Waals surface area contributed by atoms with Crippen LogP contribution in [0.25, 0.3) is 0 Å². The van der Waals surface area contributed by atoms with E-state index in [1.165, 1.54) is 6.07 Å². The van der Waals surface area contributed by atoms with Crippen LogP contribution in [0.5, 0.6) is 0 Å². The van der Waals surface area contributed by atoms with Crippen LogP contribution in [-0.4, -0.2) is 43.5 Å². The minimum absolute atomic E-state index is 0.124. The van der Waals surface area contributed by atoms with Gasteiger partial charge in [0.2, 0.25) is 0 Å². The van der Waals surface area contributed by atoms with Crippen LogP contribution in [0.15, 0.2) is 12.1 Å². The van der Waals surface area contributed by atoms with Crippen LogP contribution in [0.1, 0.15) is 0 Å². The van der Waals surface area contributed by atoms with Gasteiger partial charge in [-0.05, 0) is 12.1 Å². The minimum Gasteiger partial charge on any atom is -0.367 e. The van der Waals surface area contributed by atoms with Crippen LogP contribution in [0, 0.1) is 17.5 Å². The number of alkyl halides is 1. The number of benzene rings is 1. The Bertz CT molecular complexity index is 420. The van der Waals surface area contributed by atoms with Gasteiger partial charge in [-0.1, -0.05) is 0 Å². The number of nitrogens with zero attached hydrogens (tertiary/aromatic N) is 2. The number of halogens is 4. The van der Waals surface area contributed by atoms with Gasteiger partial charge in [-0.2, -0.15) is 0 Å². The van der Waals surface area contributed by atoms with E-state index in [-0.39, 0.29) is 5.69 Å². The predicted molar refractivity (Wildman–Crippen MR) is 65.7 cm³/mol. The second kappa shape index (κ2) is 5.80. The lowest BCUT2D eigenvalue weighted by Crippen LogP contribution is -2.47. The molecule has 0 aromatic heterocycles. The van der Waals surface area contributed by atoms with Crippen molar-refractivity contribution in [3.05, 3.63) is 29.6 Å². The highest BCUT2D eigenvalue weighted by molar-refractivity contribution is 6.18. The predicted octanol–water partition coefficient (Wildman–Crippen LogP) is 2.46. The van der Waals surface area contributed by atoms with Gasteiger partial charge in [0.25, 0.3) is 0 Å². The Morgan fingerprint density at radius 1 is 1.00 bits per heavy atom. The molecule has 0 aliphatic carbocycles. The minimum atomic E-state index is -1.41. The van der Waals surface area contributed by atoms with Crippen molar-refractivity contribution < 1.29 is 13.2 Å². The first-order chi connectivity index (χ1) is 8.63. The average molecular weight is 279 g/mol. The molecule has 1 heterocycles. The molecule has 100 valence electrons. The molecule has 1 fully saturated rings. The van der Waals surface area contributed by atoms with Crippen molar-refractivity contribution in [2.24, 2.45) is 0 Å². The summed E-state index contributed by atoms with van der Waals surface area (Å²) >= 11 is 5.65. The highest BCUT2D eigenvalue weighted by Gasteiger charge is 2.22. The SMILES string of the molecule is Fc1ccc(N2CCN(CCCl)CC2)c(F)c1F. The van der Waals surface area contributed by atoms with Crippen molar-refractivity contribution in [2.75, 3.05) is 43.5 Å². The maximum Gasteiger partial charge on any atom is 0.196 e. The van der Waals surface area contributed by atoms with Crippen LogP contribution in [-0.2, 0) is 0 Å². The molecule has 1 aliphatic rings. The first kappa shape index (κ1) is 13.5. The Morgan fingerprint density at radius 3 is 2.28 bits per heavy atom. The summed E-state index contributed by atoms with van der Waals surface area (Å²) in [5.41, 5.74) is 0.124.